The van der Waals surface area contributed by atoms with Crippen LogP contribution in [0.15, 0.2) is 29.4 Å². The molecule has 1 aromatic rings. The molecule has 26 heavy (non-hydrogen) atoms. The van der Waals surface area contributed by atoms with Gasteiger partial charge in [-0.05, 0) is 36.0 Å². The molecule has 1 saturated heterocycles. The Labute approximate surface area is 147 Å². The molecule has 1 aliphatic heterocycles. The molecule has 9 heteroatoms. The third-order valence-electron chi connectivity index (χ3n) is 5.34. The summed E-state index contributed by atoms with van der Waals surface area (Å²) in [5.41, 5.74) is -0.992. The molecule has 5 rings (SSSR count). The number of allylic oxidation sites excluding steroid dienone is 2. The number of hydrogen-bond acceptors (Lipinski definition) is 7. The van der Waals surface area contributed by atoms with Gasteiger partial charge < -0.3 is 10.2 Å². The quantitative estimate of drug-likeness (QED) is 0.251. The van der Waals surface area contributed by atoms with Crippen molar-refractivity contribution in [2.45, 2.75) is 12.8 Å². The maximum Gasteiger partial charge on any atom is 0.262 e. The minimum atomic E-state index is -1.00. The minimum Gasteiger partial charge on any atom is -0.872 e. The molecule has 0 unspecified atom stereocenters. The summed E-state index contributed by atoms with van der Waals surface area (Å²) in [4.78, 5) is 35.1. The van der Waals surface area contributed by atoms with Crippen molar-refractivity contribution in [1.82, 2.24) is 5.01 Å². The van der Waals surface area contributed by atoms with Crippen LogP contribution in [0.1, 0.15) is 18.4 Å². The lowest BCUT2D eigenvalue weighted by atomic mass is 9.63. The molecule has 4 atom stereocenters. The van der Waals surface area contributed by atoms with Gasteiger partial charge in [-0.15, -0.1) is 5.75 Å². The first kappa shape index (κ1) is 16.2. The number of nitro groups is 1. The fourth-order valence-corrected chi connectivity index (χ4v) is 4.10. The number of carbonyl (C=O) groups excluding carboxylic acids is 2. The number of nitrogens with zero attached hydrogens (tertiary/aromatic N) is 3. The molecular weight excluding hydrogens is 342 g/mol. The highest BCUT2D eigenvalue weighted by molar-refractivity contribution is 6.06. The van der Waals surface area contributed by atoms with Gasteiger partial charge in [0, 0.05) is 6.07 Å². The summed E-state index contributed by atoms with van der Waals surface area (Å²) in [6.45, 7) is 0. The normalized spacial score (nSPS) is 29.6. The highest BCUT2D eigenvalue weighted by Crippen LogP contribution is 2.49. The zero-order valence-electron chi connectivity index (χ0n) is 13.4. The third-order valence-corrected chi connectivity index (χ3v) is 5.34. The van der Waals surface area contributed by atoms with Crippen LogP contribution in [0, 0.1) is 33.8 Å². The van der Waals surface area contributed by atoms with Crippen molar-refractivity contribution in [2.75, 3.05) is 0 Å². The Balaban J connectivity index is 1.64. The fourth-order valence-electron chi connectivity index (χ4n) is 4.10. The Morgan fingerprint density at radius 2 is 1.62 bits per heavy atom. The van der Waals surface area contributed by atoms with E-state index in [1.54, 1.807) is 0 Å². The average molecular weight is 355 g/mol. The molecule has 1 heterocycles. The minimum absolute atomic E-state index is 0.0116. The number of hydrazone groups is 1. The SMILES string of the molecule is O=C1[C@@H]2[C@H](C(=O)N1/N=C\c1cc([N+](=O)[O-])c([O-])cc1[O-])[C@H]1C=C[C@@H]2CC1. The standard InChI is InChI=1S/C17H15N3O6/c21-12-6-13(22)11(20(25)26)5-10(12)7-18-19-16(23)14-8-1-2-9(4-3-8)15(14)17(19)24/h1-2,5-9,14-15,21-22H,3-4H2/p-2/b18-7-/t8-,9+,14+,15-. The van der Waals surface area contributed by atoms with Gasteiger partial charge in [0.05, 0.1) is 23.0 Å². The number of fused-ring (bicyclic) bond motifs is 1. The van der Waals surface area contributed by atoms with E-state index in [0.717, 1.165) is 30.1 Å². The van der Waals surface area contributed by atoms with Crippen LogP contribution in [0.3, 0.4) is 0 Å². The first-order valence-corrected chi connectivity index (χ1v) is 8.15. The van der Waals surface area contributed by atoms with Crippen LogP contribution in [0.25, 0.3) is 0 Å². The van der Waals surface area contributed by atoms with Gasteiger partial charge in [-0.25, -0.2) is 0 Å². The predicted octanol–water partition coefficient (Wildman–Crippen LogP) is 0.273. The third kappa shape index (κ3) is 2.27. The first-order chi connectivity index (χ1) is 12.4. The number of benzene rings is 1. The highest BCUT2D eigenvalue weighted by atomic mass is 16.6. The van der Waals surface area contributed by atoms with E-state index in [9.17, 15) is 29.9 Å². The van der Waals surface area contributed by atoms with Crippen LogP contribution in [0.5, 0.6) is 11.5 Å². The van der Waals surface area contributed by atoms with Gasteiger partial charge >= 0.3 is 0 Å². The van der Waals surface area contributed by atoms with E-state index >= 15 is 0 Å². The van der Waals surface area contributed by atoms with Gasteiger partial charge in [0.25, 0.3) is 17.5 Å². The molecular formula is C17H13N3O6-2. The molecule has 134 valence electrons. The summed E-state index contributed by atoms with van der Waals surface area (Å²) in [5.74, 6) is -3.45. The molecule has 2 fully saturated rings. The van der Waals surface area contributed by atoms with Crippen LogP contribution >= 0.6 is 0 Å². The molecule has 4 aliphatic rings. The Kier molecular flexibility index (Phi) is 3.53. The van der Waals surface area contributed by atoms with Crippen molar-refractivity contribution >= 4 is 23.7 Å². The van der Waals surface area contributed by atoms with E-state index in [1.807, 2.05) is 12.2 Å². The summed E-state index contributed by atoms with van der Waals surface area (Å²) in [6.07, 6.45) is 6.57. The second-order valence-electron chi connectivity index (χ2n) is 6.69. The smallest absolute Gasteiger partial charge is 0.262 e. The molecule has 2 bridgehead atoms. The number of nitro benzene ring substituents is 1. The van der Waals surface area contributed by atoms with E-state index < -0.39 is 45.8 Å². The number of rotatable bonds is 3. The molecule has 3 aliphatic carbocycles. The van der Waals surface area contributed by atoms with E-state index in [1.165, 1.54) is 0 Å². The maximum absolute atomic E-state index is 12.6. The summed E-state index contributed by atoms with van der Waals surface area (Å²) >= 11 is 0. The maximum atomic E-state index is 12.6. The van der Waals surface area contributed by atoms with Crippen molar-refractivity contribution in [3.63, 3.8) is 0 Å². The zero-order valence-corrected chi connectivity index (χ0v) is 13.4. The van der Waals surface area contributed by atoms with Gasteiger partial charge in [0.1, 0.15) is 0 Å². The molecule has 1 saturated carbocycles. The summed E-state index contributed by atoms with van der Waals surface area (Å²) in [6, 6.07) is 1.40. The molecule has 0 N–H and O–H groups in total. The summed E-state index contributed by atoms with van der Waals surface area (Å²) in [7, 11) is 0. The lowest BCUT2D eigenvalue weighted by molar-refractivity contribution is -0.398. The van der Waals surface area contributed by atoms with E-state index in [0.29, 0.717) is 6.07 Å². The van der Waals surface area contributed by atoms with Crippen molar-refractivity contribution < 1.29 is 24.7 Å². The van der Waals surface area contributed by atoms with Crippen LogP contribution in [-0.4, -0.2) is 28.0 Å². The summed E-state index contributed by atoms with van der Waals surface area (Å²) in [5, 5.41) is 38.7. The van der Waals surface area contributed by atoms with Crippen molar-refractivity contribution in [3.8, 4) is 11.5 Å². The first-order valence-electron chi connectivity index (χ1n) is 8.15. The average Bonchev–Trinajstić information content (AvgIpc) is 2.88. The number of carbonyl (C=O) groups is 2. The Morgan fingerprint density at radius 3 is 2.12 bits per heavy atom. The predicted molar refractivity (Wildman–Crippen MR) is 83.8 cm³/mol. The van der Waals surface area contributed by atoms with Crippen molar-refractivity contribution in [1.29, 1.82) is 0 Å². The van der Waals surface area contributed by atoms with Gasteiger partial charge in [-0.2, -0.15) is 10.1 Å². The summed E-state index contributed by atoms with van der Waals surface area (Å²) < 4.78 is 0. The van der Waals surface area contributed by atoms with E-state index in [-0.39, 0.29) is 17.4 Å². The van der Waals surface area contributed by atoms with Crippen LogP contribution in [-0.2, 0) is 9.59 Å². The molecule has 0 spiro atoms. The fraction of sp³-hybridized carbons (Fsp3) is 0.353. The lowest BCUT2D eigenvalue weighted by Gasteiger charge is -2.37. The molecule has 2 amide bonds. The Bertz CT molecular complexity index is 861. The topological polar surface area (TPSA) is 139 Å². The monoisotopic (exact) mass is 355 g/mol. The van der Waals surface area contributed by atoms with E-state index in [2.05, 4.69) is 5.10 Å². The second-order valence-corrected chi connectivity index (χ2v) is 6.69. The Morgan fingerprint density at radius 1 is 1.04 bits per heavy atom. The van der Waals surface area contributed by atoms with Gasteiger partial charge in [-0.3, -0.25) is 19.7 Å². The lowest BCUT2D eigenvalue weighted by Crippen LogP contribution is -2.38. The Hall–Kier alpha value is -3.23. The van der Waals surface area contributed by atoms with Crippen LogP contribution in [0.4, 0.5) is 5.69 Å². The van der Waals surface area contributed by atoms with Gasteiger partial charge in [-0.1, -0.05) is 18.2 Å². The molecule has 1 aromatic carbocycles. The zero-order chi connectivity index (χ0) is 18.6. The van der Waals surface area contributed by atoms with Crippen LogP contribution < -0.4 is 10.2 Å². The molecule has 0 aromatic heterocycles. The van der Waals surface area contributed by atoms with Crippen molar-refractivity contribution in [2.24, 2.45) is 28.8 Å². The van der Waals surface area contributed by atoms with Crippen LogP contribution in [0.2, 0.25) is 0 Å². The second kappa shape index (κ2) is 5.65. The van der Waals surface area contributed by atoms with Gasteiger partial charge in [0.2, 0.25) is 0 Å². The number of imide groups is 1. The van der Waals surface area contributed by atoms with E-state index in [4.69, 9.17) is 0 Å². The van der Waals surface area contributed by atoms with Crippen molar-refractivity contribution in [3.05, 3.63) is 40.0 Å². The number of amides is 2. The molecule has 0 radical (unpaired) electrons. The highest BCUT2D eigenvalue weighted by Gasteiger charge is 2.56. The van der Waals surface area contributed by atoms with Gasteiger partial charge in [0.15, 0.2) is 0 Å². The largest absolute Gasteiger partial charge is 0.872 e. The number of hydrogen-bond donors (Lipinski definition) is 0. The molecule has 9 nitrogen and oxygen atoms in total.